The zero-order valence-electron chi connectivity index (χ0n) is 16.4. The maximum absolute atomic E-state index is 12.3. The third-order valence-electron chi connectivity index (χ3n) is 4.32. The number of carbonyl (C=O) groups excluding carboxylic acids is 2. The Kier molecular flexibility index (Phi) is 15.1. The van der Waals surface area contributed by atoms with Crippen LogP contribution >= 0.6 is 12.4 Å². The van der Waals surface area contributed by atoms with Gasteiger partial charge in [-0.15, -0.1) is 12.4 Å². The second kappa shape index (κ2) is 14.3. The number of aliphatic hydroxyl groups is 1. The van der Waals surface area contributed by atoms with E-state index in [4.69, 9.17) is 5.73 Å². The molecule has 150 valence electrons. The molecule has 0 heterocycles. The van der Waals surface area contributed by atoms with Gasteiger partial charge in [-0.25, -0.2) is 0 Å². The van der Waals surface area contributed by atoms with E-state index in [1.54, 1.807) is 0 Å². The first-order chi connectivity index (χ1) is 11.2. The molecule has 0 aromatic carbocycles. The number of hydrogen-bond donors (Lipinski definition) is 4. The molecular weight excluding hydrogens is 342 g/mol. The van der Waals surface area contributed by atoms with Gasteiger partial charge in [-0.2, -0.15) is 0 Å². The molecule has 0 aliphatic carbocycles. The van der Waals surface area contributed by atoms with Crippen LogP contribution in [-0.2, 0) is 9.59 Å². The zero-order chi connectivity index (χ0) is 18.7. The Labute approximate surface area is 159 Å². The number of nitrogens with two attached hydrogens (primary N) is 1. The summed E-state index contributed by atoms with van der Waals surface area (Å²) in [6, 6.07) is -1.07. The highest BCUT2D eigenvalue weighted by Gasteiger charge is 2.28. The van der Waals surface area contributed by atoms with Gasteiger partial charge in [0, 0.05) is 6.54 Å². The van der Waals surface area contributed by atoms with Crippen molar-refractivity contribution in [1.82, 2.24) is 10.6 Å². The fraction of sp³-hybridized carbons (Fsp3) is 0.889. The molecule has 4 atom stereocenters. The Morgan fingerprint density at radius 3 is 2.24 bits per heavy atom. The highest BCUT2D eigenvalue weighted by molar-refractivity contribution is 5.85. The highest BCUT2D eigenvalue weighted by Crippen LogP contribution is 2.13. The van der Waals surface area contributed by atoms with Crippen molar-refractivity contribution in [2.24, 2.45) is 17.6 Å². The van der Waals surface area contributed by atoms with Crippen molar-refractivity contribution in [3.8, 4) is 0 Å². The summed E-state index contributed by atoms with van der Waals surface area (Å²) in [5, 5.41) is 16.0. The minimum atomic E-state index is -0.915. The molecule has 7 heteroatoms. The zero-order valence-corrected chi connectivity index (χ0v) is 17.2. The Hall–Kier alpha value is -0.850. The smallest absolute Gasteiger partial charge is 0.237 e. The summed E-state index contributed by atoms with van der Waals surface area (Å²) in [7, 11) is 0. The lowest BCUT2D eigenvalue weighted by Crippen LogP contribution is -2.52. The van der Waals surface area contributed by atoms with E-state index in [2.05, 4.69) is 17.6 Å². The summed E-state index contributed by atoms with van der Waals surface area (Å²) >= 11 is 0. The van der Waals surface area contributed by atoms with Crippen molar-refractivity contribution in [3.63, 3.8) is 0 Å². The van der Waals surface area contributed by atoms with Crippen molar-refractivity contribution in [2.75, 3.05) is 6.54 Å². The quantitative estimate of drug-likeness (QED) is 0.389. The van der Waals surface area contributed by atoms with Gasteiger partial charge < -0.3 is 21.5 Å². The minimum absolute atomic E-state index is 0. The van der Waals surface area contributed by atoms with E-state index in [0.717, 1.165) is 19.3 Å². The number of rotatable bonds is 12. The van der Waals surface area contributed by atoms with Crippen LogP contribution in [0.5, 0.6) is 0 Å². The lowest BCUT2D eigenvalue weighted by Gasteiger charge is -2.28. The Balaban J connectivity index is 0. The van der Waals surface area contributed by atoms with E-state index in [0.29, 0.717) is 13.0 Å². The molecule has 0 fully saturated rings. The molecule has 0 aromatic heterocycles. The number of nitrogens with one attached hydrogen (secondary N) is 2. The molecule has 25 heavy (non-hydrogen) atoms. The van der Waals surface area contributed by atoms with E-state index in [9.17, 15) is 14.7 Å². The van der Waals surface area contributed by atoms with Crippen LogP contribution in [0.2, 0.25) is 0 Å². The van der Waals surface area contributed by atoms with Gasteiger partial charge in [0.15, 0.2) is 0 Å². The van der Waals surface area contributed by atoms with Gasteiger partial charge in [0.1, 0.15) is 0 Å². The molecule has 0 unspecified atom stereocenters. The first kappa shape index (κ1) is 26.4. The molecule has 2 amide bonds. The first-order valence-corrected chi connectivity index (χ1v) is 9.23. The minimum Gasteiger partial charge on any atom is -0.390 e. The van der Waals surface area contributed by atoms with Crippen molar-refractivity contribution in [2.45, 2.75) is 84.9 Å². The summed E-state index contributed by atoms with van der Waals surface area (Å²) in [5.74, 6) is -0.0993. The number of unbranched alkanes of at least 4 members (excludes halogenated alkanes) is 1. The lowest BCUT2D eigenvalue weighted by molar-refractivity contribution is -0.127. The molecule has 0 saturated heterocycles. The van der Waals surface area contributed by atoms with Gasteiger partial charge in [0.25, 0.3) is 0 Å². The molecule has 0 aliphatic heterocycles. The van der Waals surface area contributed by atoms with Crippen LogP contribution in [0, 0.1) is 11.8 Å². The lowest BCUT2D eigenvalue weighted by atomic mass is 9.95. The fourth-order valence-corrected chi connectivity index (χ4v) is 2.42. The maximum atomic E-state index is 12.3. The van der Waals surface area contributed by atoms with Crippen LogP contribution in [0.25, 0.3) is 0 Å². The van der Waals surface area contributed by atoms with Gasteiger partial charge in [0.2, 0.25) is 11.8 Å². The van der Waals surface area contributed by atoms with Gasteiger partial charge in [-0.1, -0.05) is 47.5 Å². The monoisotopic (exact) mass is 379 g/mol. The van der Waals surface area contributed by atoms with E-state index < -0.39 is 18.2 Å². The summed E-state index contributed by atoms with van der Waals surface area (Å²) in [4.78, 5) is 24.2. The predicted octanol–water partition coefficient (Wildman–Crippen LogP) is 1.98. The molecule has 0 bridgehead atoms. The largest absolute Gasteiger partial charge is 0.390 e. The number of carbonyl (C=O) groups is 2. The Bertz CT molecular complexity index is 381. The van der Waals surface area contributed by atoms with Crippen LogP contribution in [0.1, 0.15) is 66.7 Å². The number of hydrogen-bond acceptors (Lipinski definition) is 4. The fourth-order valence-electron chi connectivity index (χ4n) is 2.42. The average molecular weight is 380 g/mol. The third-order valence-corrected chi connectivity index (χ3v) is 4.32. The molecule has 0 radical (unpaired) electrons. The molecule has 6 nitrogen and oxygen atoms in total. The molecule has 0 aliphatic rings. The SMILES string of the molecule is CCCCNC(=O)C[C@H](O)[C@H](CC(C)C)NC(=O)[C@@H](N)[C@@H](C)CC.Cl. The van der Waals surface area contributed by atoms with Crippen LogP contribution < -0.4 is 16.4 Å². The number of aliphatic hydroxyl groups excluding tert-OH is 1. The standard InChI is InChI=1S/C18H37N3O3.ClH/c1-6-8-9-20-16(23)11-15(22)14(10-12(3)4)21-18(24)17(19)13(5)7-2;/h12-15,17,22H,6-11,19H2,1-5H3,(H,20,23)(H,21,24);1H/t13-,14-,15-,17-;/m0./s1. The summed E-state index contributed by atoms with van der Waals surface area (Å²) < 4.78 is 0. The summed E-state index contributed by atoms with van der Waals surface area (Å²) in [6.45, 7) is 10.6. The second-order valence-corrected chi connectivity index (χ2v) is 7.13. The van der Waals surface area contributed by atoms with Crippen LogP contribution in [-0.4, -0.2) is 41.7 Å². The van der Waals surface area contributed by atoms with E-state index in [1.165, 1.54) is 0 Å². The summed E-state index contributed by atoms with van der Waals surface area (Å²) in [6.07, 6.45) is 2.40. The first-order valence-electron chi connectivity index (χ1n) is 9.23. The van der Waals surface area contributed by atoms with Gasteiger partial charge in [-0.3, -0.25) is 9.59 Å². The van der Waals surface area contributed by atoms with E-state index >= 15 is 0 Å². The normalized spacial score (nSPS) is 15.7. The number of amides is 2. The topological polar surface area (TPSA) is 104 Å². The molecule has 5 N–H and O–H groups in total. The molecular formula is C18H38ClN3O3. The van der Waals surface area contributed by atoms with Crippen molar-refractivity contribution in [3.05, 3.63) is 0 Å². The highest BCUT2D eigenvalue weighted by atomic mass is 35.5. The van der Waals surface area contributed by atoms with Gasteiger partial charge in [0.05, 0.1) is 24.6 Å². The van der Waals surface area contributed by atoms with E-state index in [1.807, 2.05) is 27.7 Å². The molecule has 0 saturated carbocycles. The molecule has 0 spiro atoms. The second-order valence-electron chi connectivity index (χ2n) is 7.13. The Morgan fingerprint density at radius 1 is 1.16 bits per heavy atom. The number of halogens is 1. The molecule has 0 rings (SSSR count). The van der Waals surface area contributed by atoms with Crippen LogP contribution in [0.3, 0.4) is 0 Å². The molecule has 0 aromatic rings. The van der Waals surface area contributed by atoms with E-state index in [-0.39, 0.29) is 42.5 Å². The van der Waals surface area contributed by atoms with Crippen LogP contribution in [0.15, 0.2) is 0 Å². The average Bonchev–Trinajstić information content (AvgIpc) is 2.52. The van der Waals surface area contributed by atoms with Gasteiger partial charge >= 0.3 is 0 Å². The third kappa shape index (κ3) is 11.4. The Morgan fingerprint density at radius 2 is 1.76 bits per heavy atom. The van der Waals surface area contributed by atoms with Crippen LogP contribution in [0.4, 0.5) is 0 Å². The summed E-state index contributed by atoms with van der Waals surface area (Å²) in [5.41, 5.74) is 5.96. The predicted molar refractivity (Wildman–Crippen MR) is 105 cm³/mol. The van der Waals surface area contributed by atoms with Gasteiger partial charge in [-0.05, 0) is 24.7 Å². The van der Waals surface area contributed by atoms with Crippen molar-refractivity contribution in [1.29, 1.82) is 0 Å². The van der Waals surface area contributed by atoms with Crippen molar-refractivity contribution >= 4 is 24.2 Å². The maximum Gasteiger partial charge on any atom is 0.237 e. The van der Waals surface area contributed by atoms with Crippen molar-refractivity contribution < 1.29 is 14.7 Å².